The summed E-state index contributed by atoms with van der Waals surface area (Å²) in [4.78, 5) is 18.9. The fourth-order valence-electron chi connectivity index (χ4n) is 4.57. The van der Waals surface area contributed by atoms with E-state index >= 15 is 0 Å². The summed E-state index contributed by atoms with van der Waals surface area (Å²) in [6, 6.07) is 26.7. The van der Waals surface area contributed by atoms with E-state index < -0.39 is 0 Å². The zero-order chi connectivity index (χ0) is 21.1. The van der Waals surface area contributed by atoms with Gasteiger partial charge in [-0.3, -0.25) is 9.55 Å². The number of fused-ring (bicyclic) bond motifs is 6. The first-order chi connectivity index (χ1) is 15.9. The molecule has 0 amide bonds. The molecule has 0 N–H and O–H groups in total. The van der Waals surface area contributed by atoms with Gasteiger partial charge in [-0.25, -0.2) is 15.0 Å². The lowest BCUT2D eigenvalue weighted by atomic mass is 10.2. The molecule has 7 rings (SSSR count). The number of hydrogen-bond acceptors (Lipinski definition) is 4. The van der Waals surface area contributed by atoms with Crippen LogP contribution in [0.25, 0.3) is 55.6 Å². The minimum Gasteiger partial charge on any atom is -0.308 e. The van der Waals surface area contributed by atoms with Crippen LogP contribution in [0.1, 0.15) is 0 Å². The topological polar surface area (TPSA) is 61.4 Å². The van der Waals surface area contributed by atoms with Crippen LogP contribution in [-0.4, -0.2) is 29.1 Å². The predicted octanol–water partition coefficient (Wildman–Crippen LogP) is 5.46. The van der Waals surface area contributed by atoms with E-state index in [1.807, 2.05) is 28.8 Å². The zero-order valence-electron chi connectivity index (χ0n) is 16.9. The van der Waals surface area contributed by atoms with Crippen molar-refractivity contribution in [1.82, 2.24) is 29.1 Å². The van der Waals surface area contributed by atoms with Crippen LogP contribution >= 0.6 is 0 Å². The van der Waals surface area contributed by atoms with Gasteiger partial charge in [-0.15, -0.1) is 0 Å². The lowest BCUT2D eigenvalue weighted by Crippen LogP contribution is -2.00. The van der Waals surface area contributed by atoms with Crippen LogP contribution < -0.4 is 0 Å². The van der Waals surface area contributed by atoms with Crippen molar-refractivity contribution in [3.8, 4) is 11.6 Å². The van der Waals surface area contributed by atoms with E-state index in [-0.39, 0.29) is 0 Å². The lowest BCUT2D eigenvalue weighted by Gasteiger charge is -2.08. The maximum atomic E-state index is 5.17. The molecule has 7 aromatic rings. The van der Waals surface area contributed by atoms with Crippen LogP contribution in [0.3, 0.4) is 0 Å². The van der Waals surface area contributed by atoms with Crippen molar-refractivity contribution in [2.75, 3.05) is 0 Å². The standard InChI is InChI=1S/C26H16N6/c1-2-8-17(9-3-1)31-19-11-5-4-10-18(19)23-21(31)16-22-25(30-23)24-20(12-6-13-27-24)32(22)26-28-14-7-15-29-26/h1-16H. The number of aromatic nitrogens is 6. The second-order valence-corrected chi connectivity index (χ2v) is 7.67. The van der Waals surface area contributed by atoms with Gasteiger partial charge < -0.3 is 4.57 Å². The number of para-hydroxylation sites is 2. The molecule has 0 saturated heterocycles. The highest BCUT2D eigenvalue weighted by Gasteiger charge is 2.20. The fourth-order valence-corrected chi connectivity index (χ4v) is 4.57. The summed E-state index contributed by atoms with van der Waals surface area (Å²) in [6.07, 6.45) is 5.31. The molecule has 0 atom stereocenters. The van der Waals surface area contributed by atoms with Crippen molar-refractivity contribution >= 4 is 44.0 Å². The molecule has 0 saturated carbocycles. The van der Waals surface area contributed by atoms with Crippen molar-refractivity contribution in [3.63, 3.8) is 0 Å². The molecule has 0 spiro atoms. The molecule has 0 radical (unpaired) electrons. The van der Waals surface area contributed by atoms with E-state index in [1.54, 1.807) is 18.6 Å². The Kier molecular flexibility index (Phi) is 3.46. The van der Waals surface area contributed by atoms with Gasteiger partial charge in [0.05, 0.1) is 27.6 Å². The fraction of sp³-hybridized carbons (Fsp3) is 0. The number of benzene rings is 2. The molecule has 5 aromatic heterocycles. The molecule has 6 heteroatoms. The Bertz CT molecular complexity index is 1640. The molecule has 0 aliphatic rings. The molecule has 32 heavy (non-hydrogen) atoms. The van der Waals surface area contributed by atoms with Gasteiger partial charge in [-0.05, 0) is 42.5 Å². The molecular formula is C26H16N6. The lowest BCUT2D eigenvalue weighted by molar-refractivity contribution is 0.987. The van der Waals surface area contributed by atoms with Gasteiger partial charge in [0.15, 0.2) is 0 Å². The SMILES string of the molecule is c1ccc(-n2c3ccccc3c3nc4c5ncccc5n(-c5ncccn5)c4cc32)cc1. The van der Waals surface area contributed by atoms with Crippen molar-refractivity contribution < 1.29 is 0 Å². The van der Waals surface area contributed by atoms with E-state index in [1.165, 1.54) is 0 Å². The van der Waals surface area contributed by atoms with Crippen LogP contribution in [-0.2, 0) is 0 Å². The van der Waals surface area contributed by atoms with E-state index in [4.69, 9.17) is 4.98 Å². The van der Waals surface area contributed by atoms with Crippen LogP contribution in [0.5, 0.6) is 0 Å². The molecule has 0 unspecified atom stereocenters. The molecule has 150 valence electrons. The summed E-state index contributed by atoms with van der Waals surface area (Å²) in [7, 11) is 0. The first kappa shape index (κ1) is 17.1. The van der Waals surface area contributed by atoms with Crippen LogP contribution in [0, 0.1) is 0 Å². The van der Waals surface area contributed by atoms with Gasteiger partial charge in [0.1, 0.15) is 11.0 Å². The summed E-state index contributed by atoms with van der Waals surface area (Å²) in [5.41, 5.74) is 7.75. The van der Waals surface area contributed by atoms with Crippen molar-refractivity contribution in [3.05, 3.63) is 97.5 Å². The molecule has 2 aromatic carbocycles. The Hall–Kier alpha value is -4.58. The van der Waals surface area contributed by atoms with Gasteiger partial charge in [0, 0.05) is 29.7 Å². The monoisotopic (exact) mass is 412 g/mol. The predicted molar refractivity (Wildman–Crippen MR) is 126 cm³/mol. The summed E-state index contributed by atoms with van der Waals surface area (Å²) in [5, 5.41) is 1.11. The molecule has 0 fully saturated rings. The van der Waals surface area contributed by atoms with Gasteiger partial charge in [0.25, 0.3) is 0 Å². The molecule has 0 bridgehead atoms. The number of rotatable bonds is 2. The number of hydrogen-bond donors (Lipinski definition) is 0. The Morgan fingerprint density at radius 3 is 2.09 bits per heavy atom. The first-order valence-corrected chi connectivity index (χ1v) is 10.4. The number of pyridine rings is 2. The van der Waals surface area contributed by atoms with Crippen LogP contribution in [0.4, 0.5) is 0 Å². The molecule has 0 aliphatic carbocycles. The van der Waals surface area contributed by atoms with Crippen LogP contribution in [0.15, 0.2) is 97.5 Å². The molecule has 0 aliphatic heterocycles. The summed E-state index contributed by atoms with van der Waals surface area (Å²) >= 11 is 0. The maximum Gasteiger partial charge on any atom is 0.234 e. The third kappa shape index (κ3) is 2.29. The Balaban J connectivity index is 1.71. The van der Waals surface area contributed by atoms with Crippen molar-refractivity contribution in [2.24, 2.45) is 0 Å². The van der Waals surface area contributed by atoms with E-state index in [0.717, 1.165) is 49.7 Å². The maximum absolute atomic E-state index is 5.17. The highest BCUT2D eigenvalue weighted by Crippen LogP contribution is 2.36. The van der Waals surface area contributed by atoms with Crippen molar-refractivity contribution in [2.45, 2.75) is 0 Å². The highest BCUT2D eigenvalue weighted by molar-refractivity contribution is 6.14. The summed E-state index contributed by atoms with van der Waals surface area (Å²) in [6.45, 7) is 0. The average Bonchev–Trinajstić information content (AvgIpc) is 3.36. The van der Waals surface area contributed by atoms with Gasteiger partial charge in [-0.1, -0.05) is 36.4 Å². The quantitative estimate of drug-likeness (QED) is 0.378. The third-order valence-corrected chi connectivity index (χ3v) is 5.88. The Labute approximate surface area is 182 Å². The second kappa shape index (κ2) is 6.46. The third-order valence-electron chi connectivity index (χ3n) is 5.88. The molecular weight excluding hydrogens is 396 g/mol. The molecule has 6 nitrogen and oxygen atoms in total. The minimum atomic E-state index is 0.601. The normalized spacial score (nSPS) is 11.8. The van der Waals surface area contributed by atoms with Crippen molar-refractivity contribution in [1.29, 1.82) is 0 Å². The van der Waals surface area contributed by atoms with E-state index in [9.17, 15) is 0 Å². The Morgan fingerprint density at radius 1 is 0.500 bits per heavy atom. The van der Waals surface area contributed by atoms with Gasteiger partial charge in [-0.2, -0.15) is 0 Å². The smallest absolute Gasteiger partial charge is 0.234 e. The van der Waals surface area contributed by atoms with Gasteiger partial charge >= 0.3 is 0 Å². The number of nitrogens with zero attached hydrogens (tertiary/aromatic N) is 6. The minimum absolute atomic E-state index is 0.601. The summed E-state index contributed by atoms with van der Waals surface area (Å²) < 4.78 is 4.30. The first-order valence-electron chi connectivity index (χ1n) is 10.4. The second-order valence-electron chi connectivity index (χ2n) is 7.67. The highest BCUT2D eigenvalue weighted by atomic mass is 15.2. The summed E-state index contributed by atoms with van der Waals surface area (Å²) in [5.74, 6) is 0.601. The van der Waals surface area contributed by atoms with E-state index in [0.29, 0.717) is 5.95 Å². The van der Waals surface area contributed by atoms with E-state index in [2.05, 4.69) is 74.1 Å². The molecule has 5 heterocycles. The zero-order valence-corrected chi connectivity index (χ0v) is 16.9. The Morgan fingerprint density at radius 2 is 1.22 bits per heavy atom. The average molecular weight is 412 g/mol. The van der Waals surface area contributed by atoms with Crippen LogP contribution in [0.2, 0.25) is 0 Å². The van der Waals surface area contributed by atoms with Gasteiger partial charge in [0.2, 0.25) is 5.95 Å². The largest absolute Gasteiger partial charge is 0.308 e.